The second kappa shape index (κ2) is 5.16. The molecule has 3 rings (SSSR count). The molecule has 1 aliphatic carbocycles. The largest absolute Gasteiger partial charge is 0.369 e. The van der Waals surface area contributed by atoms with Crippen molar-refractivity contribution in [1.29, 1.82) is 0 Å². The molecular formula is C14H21N3O. The molecule has 1 aliphatic heterocycles. The molecule has 1 saturated carbocycles. The van der Waals surface area contributed by atoms with Crippen molar-refractivity contribution in [3.05, 3.63) is 24.3 Å². The number of nitrogens with one attached hydrogen (secondary N) is 1. The van der Waals surface area contributed by atoms with Gasteiger partial charge in [0.1, 0.15) is 0 Å². The molecule has 18 heavy (non-hydrogen) atoms. The summed E-state index contributed by atoms with van der Waals surface area (Å²) in [6.07, 6.45) is 2.82. The second-order valence-electron chi connectivity index (χ2n) is 5.11. The van der Waals surface area contributed by atoms with Crippen LogP contribution in [-0.4, -0.2) is 44.2 Å². The number of rotatable bonds is 4. The molecule has 1 aromatic carbocycles. The summed E-state index contributed by atoms with van der Waals surface area (Å²) in [5.74, 6) is 0. The molecule has 4 heteroatoms. The summed E-state index contributed by atoms with van der Waals surface area (Å²) in [6, 6.07) is 9.31. The first-order chi connectivity index (χ1) is 8.86. The first-order valence-corrected chi connectivity index (χ1v) is 6.75. The second-order valence-corrected chi connectivity index (χ2v) is 5.11. The van der Waals surface area contributed by atoms with E-state index in [-0.39, 0.29) is 0 Å². The van der Waals surface area contributed by atoms with Crippen LogP contribution < -0.4 is 10.4 Å². The van der Waals surface area contributed by atoms with Gasteiger partial charge in [-0.2, -0.15) is 0 Å². The molecule has 0 aromatic heterocycles. The van der Waals surface area contributed by atoms with Crippen LogP contribution in [0.3, 0.4) is 0 Å². The maximum absolute atomic E-state index is 4.95. The van der Waals surface area contributed by atoms with Crippen molar-refractivity contribution in [1.82, 2.24) is 4.90 Å². The normalized spacial score (nSPS) is 21.1. The van der Waals surface area contributed by atoms with Crippen molar-refractivity contribution in [3.8, 4) is 0 Å². The van der Waals surface area contributed by atoms with Gasteiger partial charge in [-0.1, -0.05) is 6.07 Å². The average Bonchev–Trinajstić information content (AvgIpc) is 3.24. The summed E-state index contributed by atoms with van der Waals surface area (Å²) in [5.41, 5.74) is 5.19. The fraction of sp³-hybridized carbons (Fsp3) is 0.571. The van der Waals surface area contributed by atoms with Gasteiger partial charge in [0.25, 0.3) is 0 Å². The highest BCUT2D eigenvalue weighted by Gasteiger charge is 2.31. The molecule has 1 aromatic rings. The number of hydrogen-bond acceptors (Lipinski definition) is 4. The predicted molar refractivity (Wildman–Crippen MR) is 73.9 cm³/mol. The van der Waals surface area contributed by atoms with E-state index in [1.165, 1.54) is 31.6 Å². The van der Waals surface area contributed by atoms with Crippen molar-refractivity contribution in [2.24, 2.45) is 0 Å². The molecular weight excluding hydrogens is 226 g/mol. The number of piperazine rings is 1. The zero-order valence-corrected chi connectivity index (χ0v) is 10.9. The third kappa shape index (κ3) is 2.60. The molecule has 4 nitrogen and oxygen atoms in total. The van der Waals surface area contributed by atoms with E-state index < -0.39 is 0 Å². The smallest absolute Gasteiger partial charge is 0.0636 e. The van der Waals surface area contributed by atoms with Gasteiger partial charge < -0.3 is 4.90 Å². The molecule has 98 valence electrons. The van der Waals surface area contributed by atoms with Gasteiger partial charge in [0.15, 0.2) is 0 Å². The van der Waals surface area contributed by atoms with E-state index in [0.717, 1.165) is 24.8 Å². The van der Waals surface area contributed by atoms with Gasteiger partial charge in [0.2, 0.25) is 0 Å². The SMILES string of the molecule is CONc1cccc(N2CCN(C3CC3)CC2)c1. The molecule has 1 N–H and O–H groups in total. The van der Waals surface area contributed by atoms with Crippen molar-refractivity contribution < 1.29 is 4.84 Å². The van der Waals surface area contributed by atoms with Crippen LogP contribution in [0.15, 0.2) is 24.3 Å². The zero-order chi connectivity index (χ0) is 12.4. The summed E-state index contributed by atoms with van der Waals surface area (Å²) in [4.78, 5) is 10.0. The number of nitrogens with zero attached hydrogens (tertiary/aromatic N) is 2. The van der Waals surface area contributed by atoms with Crippen molar-refractivity contribution in [2.45, 2.75) is 18.9 Å². The van der Waals surface area contributed by atoms with Gasteiger partial charge in [-0.25, -0.2) is 0 Å². The standard InChI is InChI=1S/C14H21N3O/c1-18-15-12-3-2-4-14(11-12)17-9-7-16(8-10-17)13-5-6-13/h2-4,11,13,15H,5-10H2,1H3. The molecule has 1 saturated heterocycles. The van der Waals surface area contributed by atoms with E-state index in [2.05, 4.69) is 33.5 Å². The van der Waals surface area contributed by atoms with Crippen molar-refractivity contribution in [2.75, 3.05) is 43.7 Å². The van der Waals surface area contributed by atoms with E-state index in [0.29, 0.717) is 0 Å². The first kappa shape index (κ1) is 11.8. The third-order valence-electron chi connectivity index (χ3n) is 3.81. The molecule has 0 spiro atoms. The Bertz CT molecular complexity index is 398. The molecule has 0 radical (unpaired) electrons. The summed E-state index contributed by atoms with van der Waals surface area (Å²) < 4.78 is 0. The van der Waals surface area contributed by atoms with Crippen LogP contribution in [0, 0.1) is 0 Å². The first-order valence-electron chi connectivity index (χ1n) is 6.75. The minimum absolute atomic E-state index is 0.897. The lowest BCUT2D eigenvalue weighted by molar-refractivity contribution is 0.248. The zero-order valence-electron chi connectivity index (χ0n) is 10.9. The summed E-state index contributed by atoms with van der Waals surface area (Å²) in [5, 5.41) is 0. The quantitative estimate of drug-likeness (QED) is 0.823. The third-order valence-corrected chi connectivity index (χ3v) is 3.81. The Kier molecular flexibility index (Phi) is 3.39. The molecule has 2 aliphatic rings. The highest BCUT2D eigenvalue weighted by atomic mass is 16.6. The molecule has 0 amide bonds. The molecule has 0 unspecified atom stereocenters. The Morgan fingerprint density at radius 2 is 1.94 bits per heavy atom. The van der Waals surface area contributed by atoms with Gasteiger partial charge in [-0.05, 0) is 31.0 Å². The molecule has 2 fully saturated rings. The predicted octanol–water partition coefficient (Wildman–Crippen LogP) is 1.94. The van der Waals surface area contributed by atoms with E-state index in [1.807, 2.05) is 6.07 Å². The van der Waals surface area contributed by atoms with Crippen LogP contribution in [0.5, 0.6) is 0 Å². The Morgan fingerprint density at radius 1 is 1.17 bits per heavy atom. The van der Waals surface area contributed by atoms with Crippen molar-refractivity contribution in [3.63, 3.8) is 0 Å². The average molecular weight is 247 g/mol. The number of benzene rings is 1. The Morgan fingerprint density at radius 3 is 2.61 bits per heavy atom. The van der Waals surface area contributed by atoms with Crippen LogP contribution in [0.1, 0.15) is 12.8 Å². The number of hydrogen-bond donors (Lipinski definition) is 1. The Balaban J connectivity index is 1.62. The maximum Gasteiger partial charge on any atom is 0.0636 e. The lowest BCUT2D eigenvalue weighted by atomic mass is 10.2. The molecule has 0 bridgehead atoms. The summed E-state index contributed by atoms with van der Waals surface area (Å²) in [6.45, 7) is 4.67. The van der Waals surface area contributed by atoms with Gasteiger partial charge in [-0.15, -0.1) is 0 Å². The van der Waals surface area contributed by atoms with E-state index in [9.17, 15) is 0 Å². The fourth-order valence-corrected chi connectivity index (χ4v) is 2.67. The minimum Gasteiger partial charge on any atom is -0.369 e. The van der Waals surface area contributed by atoms with Crippen LogP contribution >= 0.6 is 0 Å². The monoisotopic (exact) mass is 247 g/mol. The topological polar surface area (TPSA) is 27.7 Å². The van der Waals surface area contributed by atoms with Crippen LogP contribution in [0.4, 0.5) is 11.4 Å². The maximum atomic E-state index is 4.95. The highest BCUT2D eigenvalue weighted by Crippen LogP contribution is 2.29. The number of anilines is 2. The molecule has 0 atom stereocenters. The lowest BCUT2D eigenvalue weighted by Crippen LogP contribution is -2.47. The Hall–Kier alpha value is -1.26. The van der Waals surface area contributed by atoms with Gasteiger partial charge in [0, 0.05) is 37.9 Å². The fourth-order valence-electron chi connectivity index (χ4n) is 2.67. The van der Waals surface area contributed by atoms with Gasteiger partial charge in [-0.3, -0.25) is 15.2 Å². The van der Waals surface area contributed by atoms with Gasteiger partial charge >= 0.3 is 0 Å². The molecule has 1 heterocycles. The van der Waals surface area contributed by atoms with Crippen LogP contribution in [0.2, 0.25) is 0 Å². The van der Waals surface area contributed by atoms with Crippen LogP contribution in [0.25, 0.3) is 0 Å². The lowest BCUT2D eigenvalue weighted by Gasteiger charge is -2.36. The highest BCUT2D eigenvalue weighted by molar-refractivity contribution is 5.57. The Labute approximate surface area is 108 Å². The summed E-state index contributed by atoms with van der Waals surface area (Å²) in [7, 11) is 1.64. The van der Waals surface area contributed by atoms with Gasteiger partial charge in [0.05, 0.1) is 12.8 Å². The van der Waals surface area contributed by atoms with Crippen molar-refractivity contribution >= 4 is 11.4 Å². The van der Waals surface area contributed by atoms with E-state index in [1.54, 1.807) is 7.11 Å². The van der Waals surface area contributed by atoms with E-state index >= 15 is 0 Å². The van der Waals surface area contributed by atoms with Crippen LogP contribution in [-0.2, 0) is 4.84 Å². The minimum atomic E-state index is 0.897. The van der Waals surface area contributed by atoms with E-state index in [4.69, 9.17) is 4.84 Å². The summed E-state index contributed by atoms with van der Waals surface area (Å²) >= 11 is 0.